The van der Waals surface area contributed by atoms with Crippen molar-refractivity contribution in [2.45, 2.75) is 71.4 Å². The number of nitro groups is 1. The molecule has 4 amide bonds. The lowest BCUT2D eigenvalue weighted by atomic mass is 9.90. The third-order valence-corrected chi connectivity index (χ3v) is 8.41. The number of hydrogen-bond acceptors (Lipinski definition) is 12. The highest BCUT2D eigenvalue weighted by atomic mass is 16.7. The zero-order chi connectivity index (χ0) is 41.4. The Morgan fingerprint density at radius 2 is 1.66 bits per heavy atom. The summed E-state index contributed by atoms with van der Waals surface area (Å²) in [6.45, 7) is 5.12. The Balaban J connectivity index is 1.69. The number of benzene rings is 2. The zero-order valence-electron chi connectivity index (χ0n) is 30.9. The summed E-state index contributed by atoms with van der Waals surface area (Å²) in [4.78, 5) is 102. The molecule has 56 heavy (non-hydrogen) atoms. The minimum atomic E-state index is -1.68. The summed E-state index contributed by atoms with van der Waals surface area (Å²) >= 11 is 0. The van der Waals surface area contributed by atoms with Gasteiger partial charge in [-0.15, -0.1) is 0 Å². The van der Waals surface area contributed by atoms with Crippen LogP contribution in [0, 0.1) is 16.0 Å². The lowest BCUT2D eigenvalue weighted by Crippen LogP contribution is -2.49. The number of non-ortho nitro benzene ring substituents is 1. The van der Waals surface area contributed by atoms with Crippen LogP contribution in [0.4, 0.5) is 5.69 Å². The number of nitro benzene ring substituents is 1. The minimum Gasteiger partial charge on any atom is -0.493 e. The number of carbonyl (C=O) groups excluding carboxylic acids is 5. The SMILES string of the molecule is CCCCCC(C(=O)NCNC(=O)c1ccc(-c2ccc(C(=O)NC(CC(=O)O)C(=O)O)c(OCC)c2)o1)[C@@H](CC)N(C=O)OC(=O)c1ccc([N+](=O)[O-])cc1. The van der Waals surface area contributed by atoms with Crippen molar-refractivity contribution in [3.05, 3.63) is 81.6 Å². The van der Waals surface area contributed by atoms with Crippen LogP contribution >= 0.6 is 0 Å². The molecular weight excluding hydrogens is 738 g/mol. The van der Waals surface area contributed by atoms with Gasteiger partial charge >= 0.3 is 17.9 Å². The average Bonchev–Trinajstić information content (AvgIpc) is 3.67. The molecule has 19 heteroatoms. The van der Waals surface area contributed by atoms with Crippen LogP contribution in [-0.4, -0.2) is 87.6 Å². The van der Waals surface area contributed by atoms with Gasteiger partial charge in [0.05, 0.1) is 47.7 Å². The Hall–Kier alpha value is -6.79. The van der Waals surface area contributed by atoms with E-state index in [9.17, 15) is 48.8 Å². The minimum absolute atomic E-state index is 0.0419. The molecule has 2 unspecified atom stereocenters. The Bertz CT molecular complexity index is 1890. The van der Waals surface area contributed by atoms with Crippen LogP contribution in [0.25, 0.3) is 11.3 Å². The maximum atomic E-state index is 13.5. The number of unbranched alkanes of at least 4 members (excludes halogenated alkanes) is 2. The van der Waals surface area contributed by atoms with Crippen molar-refractivity contribution in [3.8, 4) is 17.1 Å². The Labute approximate surface area is 320 Å². The molecule has 19 nitrogen and oxygen atoms in total. The quantitative estimate of drug-likeness (QED) is 0.0300. The number of nitrogens with zero attached hydrogens (tertiary/aromatic N) is 2. The molecule has 0 aliphatic carbocycles. The van der Waals surface area contributed by atoms with E-state index in [1.54, 1.807) is 13.8 Å². The molecule has 3 atom stereocenters. The second kappa shape index (κ2) is 21.2. The third kappa shape index (κ3) is 12.1. The van der Waals surface area contributed by atoms with Crippen LogP contribution in [0.1, 0.15) is 90.6 Å². The van der Waals surface area contributed by atoms with Crippen molar-refractivity contribution < 1.29 is 62.7 Å². The molecule has 0 aliphatic heterocycles. The highest BCUT2D eigenvalue weighted by molar-refractivity contribution is 6.00. The van der Waals surface area contributed by atoms with Gasteiger partial charge in [-0.3, -0.25) is 34.1 Å². The largest absolute Gasteiger partial charge is 0.493 e. The molecule has 5 N–H and O–H groups in total. The number of ether oxygens (including phenoxy) is 1. The molecule has 300 valence electrons. The number of carbonyl (C=O) groups is 7. The predicted molar refractivity (Wildman–Crippen MR) is 195 cm³/mol. The predicted octanol–water partition coefficient (Wildman–Crippen LogP) is 3.92. The van der Waals surface area contributed by atoms with Crippen molar-refractivity contribution in [1.29, 1.82) is 0 Å². The highest BCUT2D eigenvalue weighted by Gasteiger charge is 2.34. The van der Waals surface area contributed by atoms with E-state index < -0.39 is 65.0 Å². The van der Waals surface area contributed by atoms with Gasteiger partial charge in [-0.1, -0.05) is 39.2 Å². The summed E-state index contributed by atoms with van der Waals surface area (Å²) in [5.41, 5.74) is 0.0268. The third-order valence-electron chi connectivity index (χ3n) is 8.41. The number of amides is 4. The molecule has 0 fully saturated rings. The van der Waals surface area contributed by atoms with Crippen LogP contribution in [0.3, 0.4) is 0 Å². The van der Waals surface area contributed by atoms with E-state index in [0.717, 1.165) is 30.0 Å². The summed E-state index contributed by atoms with van der Waals surface area (Å²) < 4.78 is 11.3. The molecule has 0 aliphatic rings. The number of nitrogens with one attached hydrogen (secondary N) is 3. The van der Waals surface area contributed by atoms with E-state index in [0.29, 0.717) is 18.4 Å². The van der Waals surface area contributed by atoms with Crippen LogP contribution in [-0.2, 0) is 24.0 Å². The summed E-state index contributed by atoms with van der Waals surface area (Å²) in [6, 6.07) is 9.10. The maximum absolute atomic E-state index is 13.5. The molecule has 1 heterocycles. The molecule has 2 aromatic carbocycles. The fourth-order valence-corrected chi connectivity index (χ4v) is 5.58. The summed E-state index contributed by atoms with van der Waals surface area (Å²) in [5, 5.41) is 37.3. The first kappa shape index (κ1) is 43.6. The Morgan fingerprint density at radius 1 is 0.946 bits per heavy atom. The van der Waals surface area contributed by atoms with Crippen molar-refractivity contribution in [1.82, 2.24) is 21.0 Å². The van der Waals surface area contributed by atoms with Gasteiger partial charge in [-0.25, -0.2) is 9.59 Å². The second-order valence-corrected chi connectivity index (χ2v) is 12.2. The van der Waals surface area contributed by atoms with Crippen molar-refractivity contribution >= 4 is 47.7 Å². The van der Waals surface area contributed by atoms with Crippen molar-refractivity contribution in [3.63, 3.8) is 0 Å². The van der Waals surface area contributed by atoms with E-state index >= 15 is 0 Å². The van der Waals surface area contributed by atoms with Gasteiger partial charge in [-0.2, -0.15) is 5.06 Å². The zero-order valence-corrected chi connectivity index (χ0v) is 30.9. The van der Waals surface area contributed by atoms with Gasteiger partial charge in [0.25, 0.3) is 17.5 Å². The fraction of sp³-hybridized carbons (Fsp3) is 0.378. The standard InChI is InChI=1S/C37H43N5O14/c1-4-7-8-9-25(28(5-2)41(21-43)56-37(51)22-10-13-24(14-11-22)42(52)53)33(46)38-20-39-35(48)30-17-16-29(55-30)23-12-15-26(31(18-23)54-6-3)34(47)40-27(36(49)50)19-32(44)45/h10-18,21,25,27-28H,4-9,19-20H2,1-3H3,(H,38,46)(H,39,48)(H,40,47)(H,44,45)(H,49,50)/t25?,27?,28-/m1/s1. The smallest absolute Gasteiger partial charge is 0.363 e. The number of carboxylic acid groups (broad SMARTS) is 2. The Kier molecular flexibility index (Phi) is 16.5. The highest BCUT2D eigenvalue weighted by Crippen LogP contribution is 2.29. The average molecular weight is 782 g/mol. The molecule has 1 aromatic heterocycles. The van der Waals surface area contributed by atoms with Gasteiger partial charge in [-0.05, 0) is 56.2 Å². The molecule has 0 bridgehead atoms. The van der Waals surface area contributed by atoms with Crippen molar-refractivity contribution in [2.24, 2.45) is 5.92 Å². The Morgan fingerprint density at radius 3 is 2.25 bits per heavy atom. The van der Waals surface area contributed by atoms with E-state index in [4.69, 9.17) is 19.1 Å². The van der Waals surface area contributed by atoms with Gasteiger partial charge in [0, 0.05) is 17.7 Å². The van der Waals surface area contributed by atoms with Crippen LogP contribution in [0.15, 0.2) is 59.0 Å². The first-order valence-corrected chi connectivity index (χ1v) is 17.6. The number of carboxylic acids is 2. The maximum Gasteiger partial charge on any atom is 0.363 e. The monoisotopic (exact) mass is 781 g/mol. The molecule has 3 rings (SSSR count). The van der Waals surface area contributed by atoms with Crippen LogP contribution < -0.4 is 20.7 Å². The number of hydroxylamine groups is 2. The van der Waals surface area contributed by atoms with Crippen LogP contribution in [0.2, 0.25) is 0 Å². The van der Waals surface area contributed by atoms with E-state index in [1.165, 1.54) is 42.5 Å². The summed E-state index contributed by atoms with van der Waals surface area (Å²) in [7, 11) is 0. The lowest BCUT2D eigenvalue weighted by Gasteiger charge is -2.31. The molecule has 3 aromatic rings. The van der Waals surface area contributed by atoms with Gasteiger partial charge in [0.15, 0.2) is 5.76 Å². The summed E-state index contributed by atoms with van der Waals surface area (Å²) in [6.07, 6.45) is 2.20. The van der Waals surface area contributed by atoms with E-state index in [2.05, 4.69) is 16.0 Å². The molecular formula is C37H43N5O14. The van der Waals surface area contributed by atoms with Crippen molar-refractivity contribution in [2.75, 3.05) is 13.3 Å². The van der Waals surface area contributed by atoms with Gasteiger partial charge in [0.1, 0.15) is 17.6 Å². The van der Waals surface area contributed by atoms with Crippen LogP contribution in [0.5, 0.6) is 5.75 Å². The topological polar surface area (TPSA) is 274 Å². The molecule has 0 spiro atoms. The molecule has 0 saturated carbocycles. The van der Waals surface area contributed by atoms with Gasteiger partial charge < -0.3 is 40.2 Å². The van der Waals surface area contributed by atoms with E-state index in [-0.39, 0.29) is 60.2 Å². The molecule has 0 radical (unpaired) electrons. The van der Waals surface area contributed by atoms with E-state index in [1.807, 2.05) is 6.92 Å². The number of hydrogen-bond donors (Lipinski definition) is 5. The number of aliphatic carboxylic acids is 2. The summed E-state index contributed by atoms with van der Waals surface area (Å²) in [5.74, 6) is -6.77. The fourth-order valence-electron chi connectivity index (χ4n) is 5.58. The normalized spacial score (nSPS) is 12.3. The lowest BCUT2D eigenvalue weighted by molar-refractivity contribution is -0.384. The number of furan rings is 1. The first-order chi connectivity index (χ1) is 26.7. The first-order valence-electron chi connectivity index (χ1n) is 17.6. The van der Waals surface area contributed by atoms with Gasteiger partial charge in [0.2, 0.25) is 12.3 Å². The molecule has 0 saturated heterocycles. The second-order valence-electron chi connectivity index (χ2n) is 12.2. The number of rotatable bonds is 23.